The summed E-state index contributed by atoms with van der Waals surface area (Å²) in [6.07, 6.45) is -4.70. The topological polar surface area (TPSA) is 77.5 Å². The zero-order valence-corrected chi connectivity index (χ0v) is 16.8. The molecule has 0 saturated carbocycles. The zero-order chi connectivity index (χ0) is 24.1. The summed E-state index contributed by atoms with van der Waals surface area (Å²) < 4.78 is 102. The van der Waals surface area contributed by atoms with Gasteiger partial charge in [-0.15, -0.1) is 0 Å². The molecular formula is C20H12F6O5S. The number of allylic oxidation sites excluding steroid dienone is 2. The van der Waals surface area contributed by atoms with Crippen LogP contribution >= 0.6 is 0 Å². The molecule has 0 heterocycles. The normalized spacial score (nSPS) is 15.1. The summed E-state index contributed by atoms with van der Waals surface area (Å²) in [6, 6.07) is 6.46. The summed E-state index contributed by atoms with van der Waals surface area (Å²) in [4.78, 5) is 25.5. The number of hydrogen-bond donors (Lipinski definition) is 0. The molecule has 5 nitrogen and oxygen atoms in total. The first-order valence-electron chi connectivity index (χ1n) is 8.72. The minimum atomic E-state index is -5.98. The number of hydrogen-bond acceptors (Lipinski definition) is 5. The van der Waals surface area contributed by atoms with E-state index >= 15 is 0 Å². The number of rotatable bonds is 4. The molecule has 2 aromatic carbocycles. The van der Waals surface area contributed by atoms with E-state index in [2.05, 4.69) is 4.18 Å². The van der Waals surface area contributed by atoms with Crippen LogP contribution in [0.2, 0.25) is 0 Å². The molecule has 32 heavy (non-hydrogen) atoms. The second kappa shape index (κ2) is 7.76. The molecule has 0 unspecified atom stereocenters. The van der Waals surface area contributed by atoms with Crippen molar-refractivity contribution >= 4 is 21.7 Å². The SMILES string of the molecule is CC1=C(Cc2ccc(C(F)(F)F)cc2)C(=O)c2ccc(OS(=O)(=O)C(F)(F)F)cc2C1=O. The van der Waals surface area contributed by atoms with Gasteiger partial charge in [0.15, 0.2) is 11.6 Å². The van der Waals surface area contributed by atoms with Gasteiger partial charge in [-0.05, 0) is 42.8 Å². The third-order valence-corrected chi connectivity index (χ3v) is 5.68. The maximum atomic E-state index is 12.8. The van der Waals surface area contributed by atoms with Crippen LogP contribution in [-0.4, -0.2) is 25.5 Å². The second-order valence-corrected chi connectivity index (χ2v) is 8.36. The number of Topliss-reactive ketones (excluding diaryl/α,β-unsaturated/α-hetero) is 2. The number of ketones is 2. The molecule has 2 aromatic rings. The molecule has 0 amide bonds. The fraction of sp³-hybridized carbons (Fsp3) is 0.200. The first kappa shape index (κ1) is 23.5. The molecule has 0 N–H and O–H groups in total. The molecular weight excluding hydrogens is 466 g/mol. The van der Waals surface area contributed by atoms with E-state index in [9.17, 15) is 44.3 Å². The molecule has 0 fully saturated rings. The Morgan fingerprint density at radius 3 is 1.97 bits per heavy atom. The van der Waals surface area contributed by atoms with Crippen LogP contribution in [0.1, 0.15) is 38.8 Å². The molecule has 3 rings (SSSR count). The molecule has 0 aliphatic heterocycles. The molecule has 0 atom stereocenters. The highest BCUT2D eigenvalue weighted by Gasteiger charge is 2.48. The van der Waals surface area contributed by atoms with Crippen LogP contribution in [0.3, 0.4) is 0 Å². The predicted octanol–water partition coefficient (Wildman–Crippen LogP) is 4.87. The lowest BCUT2D eigenvalue weighted by Crippen LogP contribution is -2.28. The van der Waals surface area contributed by atoms with Crippen molar-refractivity contribution in [3.63, 3.8) is 0 Å². The molecule has 0 bridgehead atoms. The number of carbonyl (C=O) groups is 2. The molecule has 0 saturated heterocycles. The van der Waals surface area contributed by atoms with Gasteiger partial charge in [-0.2, -0.15) is 34.8 Å². The van der Waals surface area contributed by atoms with E-state index in [0.29, 0.717) is 5.56 Å². The minimum absolute atomic E-state index is 0.00107. The quantitative estimate of drug-likeness (QED) is 0.356. The van der Waals surface area contributed by atoms with Crippen LogP contribution in [0.15, 0.2) is 53.6 Å². The van der Waals surface area contributed by atoms with Crippen molar-refractivity contribution in [1.82, 2.24) is 0 Å². The summed E-state index contributed by atoms with van der Waals surface area (Å²) in [5.41, 5.74) is -6.86. The van der Waals surface area contributed by atoms with Crippen molar-refractivity contribution in [2.75, 3.05) is 0 Å². The van der Waals surface area contributed by atoms with Gasteiger partial charge in [0, 0.05) is 28.7 Å². The van der Waals surface area contributed by atoms with E-state index in [1.807, 2.05) is 0 Å². The Morgan fingerprint density at radius 1 is 0.844 bits per heavy atom. The van der Waals surface area contributed by atoms with E-state index < -0.39 is 44.7 Å². The number of halogens is 6. The van der Waals surface area contributed by atoms with Gasteiger partial charge in [-0.1, -0.05) is 12.1 Å². The number of carbonyl (C=O) groups excluding carboxylic acids is 2. The fourth-order valence-electron chi connectivity index (χ4n) is 3.04. The summed E-state index contributed by atoms with van der Waals surface area (Å²) in [7, 11) is -5.98. The van der Waals surface area contributed by atoms with Crippen LogP contribution in [0.25, 0.3) is 0 Å². The Kier molecular flexibility index (Phi) is 5.71. The first-order chi connectivity index (χ1) is 14.6. The lowest BCUT2D eigenvalue weighted by molar-refractivity contribution is -0.137. The largest absolute Gasteiger partial charge is 0.534 e. The van der Waals surface area contributed by atoms with Crippen molar-refractivity contribution in [3.8, 4) is 5.75 Å². The number of fused-ring (bicyclic) bond motifs is 1. The predicted molar refractivity (Wildman–Crippen MR) is 98.6 cm³/mol. The Hall–Kier alpha value is -3.15. The van der Waals surface area contributed by atoms with Gasteiger partial charge in [0.05, 0.1) is 5.56 Å². The average Bonchev–Trinajstić information content (AvgIpc) is 2.68. The fourth-order valence-corrected chi connectivity index (χ4v) is 3.49. The Morgan fingerprint density at radius 2 is 1.44 bits per heavy atom. The molecule has 0 spiro atoms. The van der Waals surface area contributed by atoms with Crippen molar-refractivity contribution in [3.05, 3.63) is 75.9 Å². The maximum Gasteiger partial charge on any atom is 0.534 e. The second-order valence-electron chi connectivity index (χ2n) is 6.82. The van der Waals surface area contributed by atoms with Crippen molar-refractivity contribution in [2.45, 2.75) is 25.0 Å². The van der Waals surface area contributed by atoms with E-state index in [4.69, 9.17) is 0 Å². The number of alkyl halides is 6. The molecule has 170 valence electrons. The van der Waals surface area contributed by atoms with Crippen LogP contribution in [-0.2, 0) is 22.7 Å². The van der Waals surface area contributed by atoms with E-state index in [1.54, 1.807) is 0 Å². The molecule has 0 aromatic heterocycles. The van der Waals surface area contributed by atoms with Crippen molar-refractivity contribution < 1.29 is 48.5 Å². The molecule has 1 aliphatic carbocycles. The Labute approximate surface area is 177 Å². The standard InChI is InChI=1S/C20H12F6O5S/c1-10-15(8-11-2-4-12(5-3-11)19(21,22)23)18(28)14-7-6-13(9-16(14)17(10)27)31-32(29,30)20(24,25)26/h2-7,9H,8H2,1H3. The highest BCUT2D eigenvalue weighted by molar-refractivity contribution is 7.88. The van der Waals surface area contributed by atoms with Gasteiger partial charge in [0.1, 0.15) is 5.75 Å². The highest BCUT2D eigenvalue weighted by atomic mass is 32.2. The smallest absolute Gasteiger partial charge is 0.376 e. The Bertz CT molecular complexity index is 1240. The molecule has 1 aliphatic rings. The van der Waals surface area contributed by atoms with E-state index in [1.165, 1.54) is 6.92 Å². The summed E-state index contributed by atoms with van der Waals surface area (Å²) in [6.45, 7) is 1.28. The highest BCUT2D eigenvalue weighted by Crippen LogP contribution is 2.34. The summed E-state index contributed by atoms with van der Waals surface area (Å²) >= 11 is 0. The molecule has 12 heteroatoms. The summed E-state index contributed by atoms with van der Waals surface area (Å²) in [5.74, 6) is -2.22. The maximum absolute atomic E-state index is 12.8. The summed E-state index contributed by atoms with van der Waals surface area (Å²) in [5, 5.41) is 0. The van der Waals surface area contributed by atoms with Crippen LogP contribution < -0.4 is 4.18 Å². The van der Waals surface area contributed by atoms with Crippen LogP contribution in [0.4, 0.5) is 26.3 Å². The van der Waals surface area contributed by atoms with E-state index in [-0.39, 0.29) is 28.7 Å². The monoisotopic (exact) mass is 478 g/mol. The number of benzene rings is 2. The van der Waals surface area contributed by atoms with E-state index in [0.717, 1.165) is 42.5 Å². The van der Waals surface area contributed by atoms with Gasteiger partial charge in [0.2, 0.25) is 0 Å². The minimum Gasteiger partial charge on any atom is -0.376 e. The van der Waals surface area contributed by atoms with Gasteiger partial charge >= 0.3 is 21.8 Å². The lowest BCUT2D eigenvalue weighted by Gasteiger charge is -2.20. The average molecular weight is 478 g/mol. The van der Waals surface area contributed by atoms with Crippen LogP contribution in [0, 0.1) is 0 Å². The van der Waals surface area contributed by atoms with Gasteiger partial charge in [-0.3, -0.25) is 9.59 Å². The molecule has 0 radical (unpaired) electrons. The van der Waals surface area contributed by atoms with Gasteiger partial charge in [-0.25, -0.2) is 0 Å². The zero-order valence-electron chi connectivity index (χ0n) is 16.0. The lowest BCUT2D eigenvalue weighted by atomic mass is 9.82. The van der Waals surface area contributed by atoms with Gasteiger partial charge < -0.3 is 4.18 Å². The van der Waals surface area contributed by atoms with Gasteiger partial charge in [0.25, 0.3) is 0 Å². The van der Waals surface area contributed by atoms with Crippen molar-refractivity contribution in [1.29, 1.82) is 0 Å². The van der Waals surface area contributed by atoms with Crippen molar-refractivity contribution in [2.24, 2.45) is 0 Å². The Balaban J connectivity index is 1.92. The first-order valence-corrected chi connectivity index (χ1v) is 10.1. The third kappa shape index (κ3) is 4.40. The third-order valence-electron chi connectivity index (χ3n) is 4.70. The van der Waals surface area contributed by atoms with Crippen LogP contribution in [0.5, 0.6) is 5.75 Å².